The minimum absolute atomic E-state index is 0.0933. The van der Waals surface area contributed by atoms with Crippen molar-refractivity contribution < 1.29 is 28.7 Å². The van der Waals surface area contributed by atoms with Crippen LogP contribution < -0.4 is 25.4 Å². The quantitative estimate of drug-likeness (QED) is 0.472. The van der Waals surface area contributed by atoms with Crippen molar-refractivity contribution in [2.45, 2.75) is 63.5 Å². The Morgan fingerprint density at radius 2 is 1.85 bits per heavy atom. The zero-order valence-electron chi connectivity index (χ0n) is 19.3. The SMILES string of the molecule is O=C[C@H](C[C@@H]1CCNC1=O)NC(=O)[C@H](CC1CCCCC1)NC(=O)c1cccc2c1OCCO2. The monoisotopic (exact) mass is 471 g/mol. The van der Waals surface area contributed by atoms with E-state index in [4.69, 9.17) is 9.47 Å². The molecule has 3 aliphatic rings. The van der Waals surface area contributed by atoms with Gasteiger partial charge in [-0.15, -0.1) is 0 Å². The fourth-order valence-electron chi connectivity index (χ4n) is 5.08. The summed E-state index contributed by atoms with van der Waals surface area (Å²) in [7, 11) is 0. The Kier molecular flexibility index (Phi) is 8.03. The lowest BCUT2D eigenvalue weighted by Gasteiger charge is -2.28. The van der Waals surface area contributed by atoms with Crippen LogP contribution in [0.4, 0.5) is 0 Å². The maximum Gasteiger partial charge on any atom is 0.255 e. The fourth-order valence-corrected chi connectivity index (χ4v) is 5.08. The Morgan fingerprint density at radius 1 is 1.06 bits per heavy atom. The standard InChI is InChI=1S/C25H33N3O6/c29-15-18(14-17-9-10-26-23(17)30)27-25(32)20(13-16-5-2-1-3-6-16)28-24(31)19-7-4-8-21-22(19)34-12-11-33-21/h4,7-8,15-18,20H,1-3,5-6,9-14H2,(H,26,30)(H,27,32)(H,28,31)/t17-,18-,20-/m0/s1. The van der Waals surface area contributed by atoms with E-state index in [9.17, 15) is 19.2 Å². The van der Waals surface area contributed by atoms with E-state index in [0.717, 1.165) is 25.7 Å². The molecule has 1 aliphatic carbocycles. The van der Waals surface area contributed by atoms with Gasteiger partial charge in [0.2, 0.25) is 11.8 Å². The smallest absolute Gasteiger partial charge is 0.255 e. The molecule has 3 atom stereocenters. The minimum Gasteiger partial charge on any atom is -0.486 e. The third-order valence-electron chi connectivity index (χ3n) is 6.92. The van der Waals surface area contributed by atoms with Crippen molar-refractivity contribution in [2.75, 3.05) is 19.8 Å². The number of ether oxygens (including phenoxy) is 2. The van der Waals surface area contributed by atoms with Gasteiger partial charge in [0.25, 0.3) is 5.91 Å². The maximum absolute atomic E-state index is 13.3. The van der Waals surface area contributed by atoms with Gasteiger partial charge in [0.1, 0.15) is 25.5 Å². The highest BCUT2D eigenvalue weighted by molar-refractivity contribution is 6.00. The first-order chi connectivity index (χ1) is 16.5. The maximum atomic E-state index is 13.3. The molecular formula is C25H33N3O6. The molecule has 9 heteroatoms. The molecule has 4 rings (SSSR count). The molecule has 1 saturated carbocycles. The number of fused-ring (bicyclic) bond motifs is 1. The van der Waals surface area contributed by atoms with Crippen molar-refractivity contribution >= 4 is 24.0 Å². The van der Waals surface area contributed by atoms with Gasteiger partial charge < -0.3 is 30.2 Å². The van der Waals surface area contributed by atoms with E-state index in [-0.39, 0.29) is 18.2 Å². The largest absolute Gasteiger partial charge is 0.486 e. The lowest BCUT2D eigenvalue weighted by atomic mass is 9.84. The Bertz CT molecular complexity index is 914. The van der Waals surface area contributed by atoms with Crippen molar-refractivity contribution in [3.63, 3.8) is 0 Å². The Morgan fingerprint density at radius 3 is 2.59 bits per heavy atom. The lowest BCUT2D eigenvalue weighted by Crippen LogP contribution is -2.51. The first kappa shape index (κ1) is 24.0. The highest BCUT2D eigenvalue weighted by Crippen LogP contribution is 2.34. The van der Waals surface area contributed by atoms with Crippen LogP contribution in [0.25, 0.3) is 0 Å². The zero-order valence-corrected chi connectivity index (χ0v) is 19.3. The minimum atomic E-state index is -0.796. The van der Waals surface area contributed by atoms with Crippen LogP contribution in [0, 0.1) is 11.8 Å². The van der Waals surface area contributed by atoms with E-state index in [0.29, 0.717) is 61.9 Å². The normalized spacial score (nSPS) is 21.8. The van der Waals surface area contributed by atoms with E-state index < -0.39 is 23.9 Å². The molecule has 2 heterocycles. The van der Waals surface area contributed by atoms with Gasteiger partial charge in [0.15, 0.2) is 11.5 Å². The highest BCUT2D eigenvalue weighted by atomic mass is 16.6. The van der Waals surface area contributed by atoms with Gasteiger partial charge >= 0.3 is 0 Å². The number of hydrogen-bond acceptors (Lipinski definition) is 6. The summed E-state index contributed by atoms with van der Waals surface area (Å²) in [4.78, 5) is 50.1. The molecule has 0 unspecified atom stereocenters. The molecule has 1 saturated heterocycles. The Labute approximate surface area is 199 Å². The number of carbonyl (C=O) groups is 4. The molecule has 0 bridgehead atoms. The number of nitrogens with one attached hydrogen (secondary N) is 3. The van der Waals surface area contributed by atoms with Crippen LogP contribution in [0.1, 0.15) is 61.7 Å². The van der Waals surface area contributed by atoms with Crippen LogP contribution in [0.15, 0.2) is 18.2 Å². The van der Waals surface area contributed by atoms with Gasteiger partial charge in [-0.3, -0.25) is 14.4 Å². The molecule has 9 nitrogen and oxygen atoms in total. The third-order valence-corrected chi connectivity index (χ3v) is 6.92. The van der Waals surface area contributed by atoms with Gasteiger partial charge in [-0.2, -0.15) is 0 Å². The summed E-state index contributed by atoms with van der Waals surface area (Å²) in [6.45, 7) is 1.34. The van der Waals surface area contributed by atoms with E-state index in [1.165, 1.54) is 6.42 Å². The molecule has 2 fully saturated rings. The van der Waals surface area contributed by atoms with Crippen molar-refractivity contribution in [3.05, 3.63) is 23.8 Å². The summed E-state index contributed by atoms with van der Waals surface area (Å²) in [5.74, 6) is -0.0138. The molecule has 0 spiro atoms. The van der Waals surface area contributed by atoms with Crippen molar-refractivity contribution in [1.82, 2.24) is 16.0 Å². The summed E-state index contributed by atoms with van der Waals surface area (Å²) in [5.41, 5.74) is 0.313. The van der Waals surface area contributed by atoms with Crippen molar-refractivity contribution in [3.8, 4) is 11.5 Å². The molecule has 34 heavy (non-hydrogen) atoms. The van der Waals surface area contributed by atoms with Gasteiger partial charge in [0.05, 0.1) is 11.6 Å². The summed E-state index contributed by atoms with van der Waals surface area (Å²) < 4.78 is 11.2. The van der Waals surface area contributed by atoms with Gasteiger partial charge in [-0.05, 0) is 37.3 Å². The first-order valence-electron chi connectivity index (χ1n) is 12.3. The van der Waals surface area contributed by atoms with E-state index >= 15 is 0 Å². The summed E-state index contributed by atoms with van der Waals surface area (Å²) >= 11 is 0. The third kappa shape index (κ3) is 5.87. The lowest BCUT2D eigenvalue weighted by molar-refractivity contribution is -0.127. The number of carbonyl (C=O) groups excluding carboxylic acids is 4. The summed E-state index contributed by atoms with van der Waals surface area (Å²) in [6.07, 6.45) is 7.49. The molecule has 184 valence electrons. The predicted octanol–water partition coefficient (Wildman–Crippen LogP) is 1.74. The van der Waals surface area contributed by atoms with Crippen LogP contribution in [0.3, 0.4) is 0 Å². The second kappa shape index (κ2) is 11.4. The summed E-state index contributed by atoms with van der Waals surface area (Å²) in [5, 5.41) is 8.40. The van der Waals surface area contributed by atoms with E-state index in [1.807, 2.05) is 0 Å². The number of amides is 3. The topological polar surface area (TPSA) is 123 Å². The van der Waals surface area contributed by atoms with Gasteiger partial charge in [-0.1, -0.05) is 38.2 Å². The number of rotatable bonds is 9. The number of aldehydes is 1. The van der Waals surface area contributed by atoms with Crippen LogP contribution in [0.5, 0.6) is 11.5 Å². The average Bonchev–Trinajstić information content (AvgIpc) is 3.27. The molecule has 2 aliphatic heterocycles. The Hall–Kier alpha value is -3.10. The van der Waals surface area contributed by atoms with Crippen LogP contribution in [-0.2, 0) is 14.4 Å². The number of benzene rings is 1. The van der Waals surface area contributed by atoms with E-state index in [1.54, 1.807) is 18.2 Å². The van der Waals surface area contributed by atoms with Gasteiger partial charge in [-0.25, -0.2) is 0 Å². The van der Waals surface area contributed by atoms with Crippen LogP contribution in [-0.4, -0.2) is 55.8 Å². The highest BCUT2D eigenvalue weighted by Gasteiger charge is 2.32. The molecule has 1 aromatic rings. The average molecular weight is 472 g/mol. The molecule has 3 N–H and O–H groups in total. The number of hydrogen-bond donors (Lipinski definition) is 3. The molecule has 0 radical (unpaired) electrons. The number of para-hydroxylation sites is 1. The van der Waals surface area contributed by atoms with E-state index in [2.05, 4.69) is 16.0 Å². The zero-order chi connectivity index (χ0) is 23.9. The summed E-state index contributed by atoms with van der Waals surface area (Å²) in [6, 6.07) is 3.52. The second-order valence-electron chi connectivity index (χ2n) is 9.36. The van der Waals surface area contributed by atoms with Crippen LogP contribution >= 0.6 is 0 Å². The fraction of sp³-hybridized carbons (Fsp3) is 0.600. The molecular weight excluding hydrogens is 438 g/mol. The van der Waals surface area contributed by atoms with Crippen molar-refractivity contribution in [1.29, 1.82) is 0 Å². The molecule has 0 aromatic heterocycles. The van der Waals surface area contributed by atoms with Gasteiger partial charge in [0, 0.05) is 12.5 Å². The second-order valence-corrected chi connectivity index (χ2v) is 9.36. The van der Waals surface area contributed by atoms with Crippen molar-refractivity contribution in [2.24, 2.45) is 11.8 Å². The Balaban J connectivity index is 1.46. The molecule has 3 amide bonds. The first-order valence-corrected chi connectivity index (χ1v) is 12.3. The molecule has 1 aromatic carbocycles. The van der Waals surface area contributed by atoms with Crippen LogP contribution in [0.2, 0.25) is 0 Å². The predicted molar refractivity (Wildman–Crippen MR) is 124 cm³/mol.